The molecule has 0 N–H and O–H groups in total. The molecule has 0 atom stereocenters. The first-order chi connectivity index (χ1) is 17.3. The summed E-state index contributed by atoms with van der Waals surface area (Å²) in [5.74, 6) is 0.418. The van der Waals surface area contributed by atoms with E-state index in [2.05, 4.69) is 10.1 Å². The average Bonchev–Trinajstić information content (AvgIpc) is 3.37. The van der Waals surface area contributed by atoms with Crippen LogP contribution in [0.25, 0.3) is 33.6 Å². The average molecular weight is 489 g/mol. The van der Waals surface area contributed by atoms with Gasteiger partial charge in [-0.15, -0.1) is 0 Å². The molecular formula is C26H14F3N3O4. The number of benzene rings is 3. The smallest absolute Gasteiger partial charge is 0.416 e. The lowest BCUT2D eigenvalue weighted by molar-refractivity contribution is -0.137. The maximum atomic E-state index is 12.9. The van der Waals surface area contributed by atoms with Crippen molar-refractivity contribution in [2.45, 2.75) is 12.8 Å². The molecule has 178 valence electrons. The third kappa shape index (κ3) is 4.54. The van der Waals surface area contributed by atoms with Crippen LogP contribution in [0.15, 0.2) is 86.7 Å². The Balaban J connectivity index is 1.33. The Bertz CT molecular complexity index is 1670. The summed E-state index contributed by atoms with van der Waals surface area (Å²) >= 11 is 0. The van der Waals surface area contributed by atoms with Gasteiger partial charge in [-0.3, -0.25) is 4.79 Å². The summed E-state index contributed by atoms with van der Waals surface area (Å²) in [6, 6.07) is 17.9. The van der Waals surface area contributed by atoms with Crippen LogP contribution in [-0.2, 0) is 12.8 Å². The van der Waals surface area contributed by atoms with Crippen molar-refractivity contribution in [2.75, 3.05) is 0 Å². The minimum atomic E-state index is -4.49. The van der Waals surface area contributed by atoms with Crippen LogP contribution in [0.5, 0.6) is 5.75 Å². The Morgan fingerprint density at radius 1 is 1.00 bits per heavy atom. The summed E-state index contributed by atoms with van der Waals surface area (Å²) in [7, 11) is 0. The van der Waals surface area contributed by atoms with Crippen LogP contribution in [0.4, 0.5) is 13.2 Å². The molecule has 0 spiro atoms. The minimum Gasteiger partial charge on any atom is -0.485 e. The van der Waals surface area contributed by atoms with E-state index in [1.54, 1.807) is 36.4 Å². The fourth-order valence-electron chi connectivity index (χ4n) is 3.53. The minimum absolute atomic E-state index is 0.0699. The molecule has 2 aromatic heterocycles. The second-order valence-electron chi connectivity index (χ2n) is 7.71. The molecule has 2 heterocycles. The van der Waals surface area contributed by atoms with Gasteiger partial charge in [-0.2, -0.15) is 23.4 Å². The molecule has 0 aliphatic rings. The van der Waals surface area contributed by atoms with E-state index in [4.69, 9.17) is 18.9 Å². The summed E-state index contributed by atoms with van der Waals surface area (Å²) in [4.78, 5) is 17.0. The first-order valence-corrected chi connectivity index (χ1v) is 10.5. The van der Waals surface area contributed by atoms with Gasteiger partial charge in [0.2, 0.25) is 5.82 Å². The van der Waals surface area contributed by atoms with E-state index in [0.29, 0.717) is 33.4 Å². The lowest BCUT2D eigenvalue weighted by Crippen LogP contribution is -2.05. The van der Waals surface area contributed by atoms with Gasteiger partial charge in [0.25, 0.3) is 5.89 Å². The number of alkyl halides is 3. The Labute approximate surface area is 201 Å². The molecule has 0 bridgehead atoms. The Morgan fingerprint density at radius 2 is 1.81 bits per heavy atom. The fourth-order valence-corrected chi connectivity index (χ4v) is 3.53. The molecule has 0 aliphatic carbocycles. The Morgan fingerprint density at radius 3 is 2.56 bits per heavy atom. The van der Waals surface area contributed by atoms with Crippen molar-refractivity contribution in [3.8, 4) is 34.4 Å². The SMILES string of the molecule is N#Cc1ccc(-c2coc3cc(OCc4noc(-c5cccc(C(F)(F)F)c5)n4)ccc3c2=O)cc1. The van der Waals surface area contributed by atoms with E-state index < -0.39 is 11.7 Å². The van der Waals surface area contributed by atoms with Crippen molar-refractivity contribution in [1.82, 2.24) is 10.1 Å². The molecule has 3 aromatic carbocycles. The molecule has 0 fully saturated rings. The topological polar surface area (TPSA) is 102 Å². The van der Waals surface area contributed by atoms with Crippen LogP contribution in [0.3, 0.4) is 0 Å². The Hall–Kier alpha value is -4.91. The maximum Gasteiger partial charge on any atom is 0.416 e. The van der Waals surface area contributed by atoms with Crippen molar-refractivity contribution < 1.29 is 26.8 Å². The highest BCUT2D eigenvalue weighted by Crippen LogP contribution is 2.32. The van der Waals surface area contributed by atoms with Crippen molar-refractivity contribution in [2.24, 2.45) is 0 Å². The highest BCUT2D eigenvalue weighted by Gasteiger charge is 2.30. The number of rotatable bonds is 5. The predicted octanol–water partition coefficient (Wildman–Crippen LogP) is 5.98. The molecule has 5 rings (SSSR count). The van der Waals surface area contributed by atoms with Gasteiger partial charge in [-0.1, -0.05) is 23.4 Å². The number of hydrogen-bond donors (Lipinski definition) is 0. The van der Waals surface area contributed by atoms with Gasteiger partial charge < -0.3 is 13.7 Å². The number of hydrogen-bond acceptors (Lipinski definition) is 7. The van der Waals surface area contributed by atoms with Crippen molar-refractivity contribution in [1.29, 1.82) is 5.26 Å². The van der Waals surface area contributed by atoms with Gasteiger partial charge in [0.05, 0.1) is 28.1 Å². The summed E-state index contributed by atoms with van der Waals surface area (Å²) in [6.07, 6.45) is -3.15. The number of halogens is 3. The molecule has 0 saturated carbocycles. The number of nitrogens with zero attached hydrogens (tertiary/aromatic N) is 3. The second-order valence-corrected chi connectivity index (χ2v) is 7.71. The molecule has 0 radical (unpaired) electrons. The van der Waals surface area contributed by atoms with E-state index in [0.717, 1.165) is 12.1 Å². The van der Waals surface area contributed by atoms with Crippen LogP contribution in [-0.4, -0.2) is 10.1 Å². The lowest BCUT2D eigenvalue weighted by Gasteiger charge is -2.06. The van der Waals surface area contributed by atoms with Gasteiger partial charge >= 0.3 is 6.18 Å². The highest BCUT2D eigenvalue weighted by atomic mass is 19.4. The molecule has 5 aromatic rings. The third-order valence-electron chi connectivity index (χ3n) is 5.34. The molecule has 0 amide bonds. The van der Waals surface area contributed by atoms with Gasteiger partial charge in [0.1, 0.15) is 17.6 Å². The van der Waals surface area contributed by atoms with E-state index in [-0.39, 0.29) is 29.3 Å². The highest BCUT2D eigenvalue weighted by molar-refractivity contribution is 5.82. The monoisotopic (exact) mass is 489 g/mol. The van der Waals surface area contributed by atoms with E-state index >= 15 is 0 Å². The summed E-state index contributed by atoms with van der Waals surface area (Å²) < 4.78 is 55.2. The Kier molecular flexibility index (Phi) is 5.74. The van der Waals surface area contributed by atoms with E-state index in [9.17, 15) is 18.0 Å². The van der Waals surface area contributed by atoms with Crippen molar-refractivity contribution in [3.05, 3.63) is 100 Å². The van der Waals surface area contributed by atoms with Crippen LogP contribution < -0.4 is 10.2 Å². The third-order valence-corrected chi connectivity index (χ3v) is 5.34. The molecule has 7 nitrogen and oxygen atoms in total. The number of fused-ring (bicyclic) bond motifs is 1. The first kappa shape index (κ1) is 22.9. The number of nitriles is 1. The predicted molar refractivity (Wildman–Crippen MR) is 122 cm³/mol. The molecule has 36 heavy (non-hydrogen) atoms. The zero-order valence-electron chi connectivity index (χ0n) is 18.2. The second kappa shape index (κ2) is 9.03. The standard InChI is InChI=1S/C26H14F3N3O4/c27-26(28,29)18-3-1-2-17(10-18)25-31-23(32-36-25)14-34-19-8-9-20-22(11-19)35-13-21(24(20)33)16-6-4-15(12-30)5-7-16/h1-11,13H,14H2. The summed E-state index contributed by atoms with van der Waals surface area (Å²) in [6.45, 7) is -0.123. The first-order valence-electron chi connectivity index (χ1n) is 10.5. The molecule has 0 aliphatic heterocycles. The normalized spacial score (nSPS) is 11.4. The van der Waals surface area contributed by atoms with Gasteiger partial charge in [0, 0.05) is 11.6 Å². The maximum absolute atomic E-state index is 12.9. The van der Waals surface area contributed by atoms with Gasteiger partial charge in [-0.25, -0.2) is 0 Å². The number of ether oxygens (including phenoxy) is 1. The summed E-state index contributed by atoms with van der Waals surface area (Å²) in [5, 5.41) is 13.0. The quantitative estimate of drug-likeness (QED) is 0.299. The molecular weight excluding hydrogens is 475 g/mol. The molecule has 0 unspecified atom stereocenters. The molecule has 0 saturated heterocycles. The van der Waals surface area contributed by atoms with Crippen molar-refractivity contribution >= 4 is 11.0 Å². The fraction of sp³-hybridized carbons (Fsp3) is 0.0769. The van der Waals surface area contributed by atoms with Crippen LogP contribution in [0, 0.1) is 11.3 Å². The van der Waals surface area contributed by atoms with Crippen LogP contribution in [0.2, 0.25) is 0 Å². The molecule has 10 heteroatoms. The van der Waals surface area contributed by atoms with E-state index in [1.807, 2.05) is 6.07 Å². The van der Waals surface area contributed by atoms with Gasteiger partial charge in [0.15, 0.2) is 12.0 Å². The van der Waals surface area contributed by atoms with Crippen LogP contribution in [0.1, 0.15) is 17.0 Å². The van der Waals surface area contributed by atoms with Crippen LogP contribution >= 0.6 is 0 Å². The largest absolute Gasteiger partial charge is 0.485 e. The van der Waals surface area contributed by atoms with E-state index in [1.165, 1.54) is 24.5 Å². The zero-order valence-corrected chi connectivity index (χ0v) is 18.2. The van der Waals surface area contributed by atoms with Crippen molar-refractivity contribution in [3.63, 3.8) is 0 Å². The lowest BCUT2D eigenvalue weighted by atomic mass is 10.0. The summed E-state index contributed by atoms with van der Waals surface area (Å²) in [5.41, 5.74) is 0.830. The number of aromatic nitrogens is 2. The zero-order chi connectivity index (χ0) is 25.3. The van der Waals surface area contributed by atoms with Gasteiger partial charge in [-0.05, 0) is 48.0 Å².